The summed E-state index contributed by atoms with van der Waals surface area (Å²) in [5.41, 5.74) is -3.20. The second kappa shape index (κ2) is 6.99. The first kappa shape index (κ1) is 19.4. The van der Waals surface area contributed by atoms with E-state index in [9.17, 15) is 22.8 Å². The molecular formula is C19H20F3NO4. The number of benzene rings is 1. The van der Waals surface area contributed by atoms with E-state index in [1.807, 2.05) is 0 Å². The first-order valence-corrected chi connectivity index (χ1v) is 8.56. The Kier molecular flexibility index (Phi) is 5.03. The number of esters is 1. The number of hydrogen-bond acceptors (Lipinski definition) is 4. The van der Waals surface area contributed by atoms with Crippen LogP contribution >= 0.6 is 0 Å². The molecule has 8 heteroatoms. The standard InChI is InChI=1S/C19H20F3NO4/c1-26-16(24)14-10-8-13-9-11-15(14)23(13)17(25)18(27-2,19(20,21)22)12-6-4-3-5-7-12/h3-7,10,13,15H,8-9,11H2,1-2H3/t13-,15-,18+/m1/s1. The number of nitrogens with zero attached hydrogens (tertiary/aromatic N) is 1. The Balaban J connectivity index is 2.08. The minimum atomic E-state index is -4.98. The molecule has 0 N–H and O–H groups in total. The molecule has 2 bridgehead atoms. The zero-order chi connectivity index (χ0) is 19.8. The normalized spacial score (nSPS) is 24.2. The van der Waals surface area contributed by atoms with Crippen LogP contribution in [0, 0.1) is 0 Å². The molecule has 0 aliphatic carbocycles. The van der Waals surface area contributed by atoms with Crippen molar-refractivity contribution in [1.29, 1.82) is 0 Å². The van der Waals surface area contributed by atoms with E-state index >= 15 is 0 Å². The van der Waals surface area contributed by atoms with Gasteiger partial charge in [-0.3, -0.25) is 4.79 Å². The van der Waals surface area contributed by atoms with E-state index in [2.05, 4.69) is 0 Å². The third-order valence-corrected chi connectivity index (χ3v) is 5.31. The fourth-order valence-corrected chi connectivity index (χ4v) is 4.05. The maximum Gasteiger partial charge on any atom is 0.430 e. The van der Waals surface area contributed by atoms with E-state index < -0.39 is 35.7 Å². The molecule has 146 valence electrons. The van der Waals surface area contributed by atoms with Crippen LogP contribution in [0.1, 0.15) is 24.8 Å². The highest BCUT2D eigenvalue weighted by Gasteiger charge is 2.65. The van der Waals surface area contributed by atoms with Gasteiger partial charge in [0.15, 0.2) is 0 Å². The molecule has 0 aromatic heterocycles. The summed E-state index contributed by atoms with van der Waals surface area (Å²) in [5.74, 6) is -1.83. The van der Waals surface area contributed by atoms with Crippen LogP contribution in [0.15, 0.2) is 42.0 Å². The molecule has 0 radical (unpaired) electrons. The molecule has 1 amide bonds. The molecule has 0 spiro atoms. The number of amides is 1. The smallest absolute Gasteiger partial charge is 0.430 e. The van der Waals surface area contributed by atoms with Crippen LogP contribution in [-0.4, -0.2) is 49.3 Å². The number of rotatable bonds is 4. The van der Waals surface area contributed by atoms with Crippen molar-refractivity contribution in [2.75, 3.05) is 14.2 Å². The molecule has 5 nitrogen and oxygen atoms in total. The summed E-state index contributed by atoms with van der Waals surface area (Å²) in [6, 6.07) is 5.70. The molecule has 3 rings (SSSR count). The number of carbonyl (C=O) groups is 2. The Morgan fingerprint density at radius 1 is 1.11 bits per heavy atom. The van der Waals surface area contributed by atoms with Crippen LogP contribution in [0.4, 0.5) is 13.2 Å². The SMILES string of the molecule is COC(=O)C1=CC[C@@H]2CC[C@H]1N2C(=O)[C@@](OC)(c1ccccc1)C(F)(F)F. The van der Waals surface area contributed by atoms with Gasteiger partial charge in [-0.1, -0.05) is 36.4 Å². The average molecular weight is 383 g/mol. The molecule has 2 aliphatic rings. The van der Waals surface area contributed by atoms with Crippen molar-refractivity contribution in [2.24, 2.45) is 0 Å². The molecule has 2 aliphatic heterocycles. The van der Waals surface area contributed by atoms with E-state index in [1.54, 1.807) is 12.1 Å². The van der Waals surface area contributed by atoms with E-state index in [-0.39, 0.29) is 11.1 Å². The summed E-state index contributed by atoms with van der Waals surface area (Å²) >= 11 is 0. The molecule has 2 heterocycles. The minimum absolute atomic E-state index is 0.222. The number of hydrogen-bond donors (Lipinski definition) is 0. The zero-order valence-corrected chi connectivity index (χ0v) is 15.0. The zero-order valence-electron chi connectivity index (χ0n) is 15.0. The number of fused-ring (bicyclic) bond motifs is 2. The van der Waals surface area contributed by atoms with Gasteiger partial charge >= 0.3 is 12.1 Å². The van der Waals surface area contributed by atoms with Gasteiger partial charge in [0.05, 0.1) is 18.7 Å². The Morgan fingerprint density at radius 2 is 1.78 bits per heavy atom. The maximum atomic E-state index is 14.2. The van der Waals surface area contributed by atoms with Crippen molar-refractivity contribution in [3.63, 3.8) is 0 Å². The third-order valence-electron chi connectivity index (χ3n) is 5.31. The monoisotopic (exact) mass is 383 g/mol. The first-order chi connectivity index (χ1) is 12.8. The van der Waals surface area contributed by atoms with Crippen LogP contribution < -0.4 is 0 Å². The van der Waals surface area contributed by atoms with Crippen LogP contribution in [0.25, 0.3) is 0 Å². The number of ether oxygens (including phenoxy) is 2. The summed E-state index contributed by atoms with van der Waals surface area (Å²) in [6.07, 6.45) is -2.10. The van der Waals surface area contributed by atoms with Crippen molar-refractivity contribution in [1.82, 2.24) is 4.90 Å². The quantitative estimate of drug-likeness (QED) is 0.751. The molecule has 0 unspecified atom stereocenters. The number of halogens is 3. The van der Waals surface area contributed by atoms with Gasteiger partial charge in [-0.2, -0.15) is 13.2 Å². The lowest BCUT2D eigenvalue weighted by molar-refractivity contribution is -0.271. The highest BCUT2D eigenvalue weighted by molar-refractivity contribution is 5.94. The van der Waals surface area contributed by atoms with Gasteiger partial charge in [-0.15, -0.1) is 0 Å². The third kappa shape index (κ3) is 2.92. The Labute approximate surface area is 154 Å². The van der Waals surface area contributed by atoms with Gasteiger partial charge in [0, 0.05) is 18.7 Å². The second-order valence-electron chi connectivity index (χ2n) is 6.60. The second-order valence-corrected chi connectivity index (χ2v) is 6.60. The summed E-state index contributed by atoms with van der Waals surface area (Å²) < 4.78 is 52.2. The van der Waals surface area contributed by atoms with Crippen LogP contribution in [0.2, 0.25) is 0 Å². The molecule has 0 saturated carbocycles. The topological polar surface area (TPSA) is 55.8 Å². The molecule has 3 atom stereocenters. The minimum Gasteiger partial charge on any atom is -0.466 e. The van der Waals surface area contributed by atoms with Crippen molar-refractivity contribution in [2.45, 2.75) is 43.1 Å². The lowest BCUT2D eigenvalue weighted by Crippen LogP contribution is -2.60. The summed E-state index contributed by atoms with van der Waals surface area (Å²) in [5, 5.41) is 0. The maximum absolute atomic E-state index is 14.2. The molecule has 1 fully saturated rings. The highest BCUT2D eigenvalue weighted by Crippen LogP contribution is 2.47. The van der Waals surface area contributed by atoms with Gasteiger partial charge in [-0.25, -0.2) is 4.79 Å². The number of alkyl halides is 3. The van der Waals surface area contributed by atoms with E-state index in [0.29, 0.717) is 19.3 Å². The molecule has 1 aromatic rings. The van der Waals surface area contributed by atoms with Crippen molar-refractivity contribution < 1.29 is 32.2 Å². The van der Waals surface area contributed by atoms with E-state index in [4.69, 9.17) is 9.47 Å². The molecular weight excluding hydrogens is 363 g/mol. The summed E-state index contributed by atoms with van der Waals surface area (Å²) in [7, 11) is 2.08. The van der Waals surface area contributed by atoms with Gasteiger partial charge in [0.1, 0.15) is 0 Å². The van der Waals surface area contributed by atoms with Crippen LogP contribution in [0.3, 0.4) is 0 Å². The first-order valence-electron chi connectivity index (χ1n) is 8.56. The Bertz CT molecular complexity index is 762. The van der Waals surface area contributed by atoms with Gasteiger partial charge < -0.3 is 14.4 Å². The van der Waals surface area contributed by atoms with E-state index in [1.165, 1.54) is 31.4 Å². The van der Waals surface area contributed by atoms with Crippen molar-refractivity contribution >= 4 is 11.9 Å². The van der Waals surface area contributed by atoms with Gasteiger partial charge in [0.25, 0.3) is 11.5 Å². The van der Waals surface area contributed by atoms with Crippen molar-refractivity contribution in [3.05, 3.63) is 47.5 Å². The highest BCUT2D eigenvalue weighted by atomic mass is 19.4. The predicted octanol–water partition coefficient (Wildman–Crippen LogP) is 2.95. The van der Waals surface area contributed by atoms with Crippen LogP contribution in [0.5, 0.6) is 0 Å². The number of carbonyl (C=O) groups excluding carboxylic acids is 2. The van der Waals surface area contributed by atoms with Crippen LogP contribution in [-0.2, 0) is 24.7 Å². The van der Waals surface area contributed by atoms with E-state index in [0.717, 1.165) is 12.0 Å². The Hall–Kier alpha value is -2.35. The molecule has 1 saturated heterocycles. The lowest BCUT2D eigenvalue weighted by Gasteiger charge is -2.42. The molecule has 1 aromatic carbocycles. The van der Waals surface area contributed by atoms with Gasteiger partial charge in [0.2, 0.25) is 0 Å². The predicted molar refractivity (Wildman–Crippen MR) is 89.6 cm³/mol. The lowest BCUT2D eigenvalue weighted by atomic mass is 9.88. The fraction of sp³-hybridized carbons (Fsp3) is 0.474. The largest absolute Gasteiger partial charge is 0.466 e. The average Bonchev–Trinajstić information content (AvgIpc) is 2.94. The van der Waals surface area contributed by atoms with Crippen molar-refractivity contribution in [3.8, 4) is 0 Å². The summed E-state index contributed by atoms with van der Waals surface area (Å²) in [4.78, 5) is 26.5. The number of methoxy groups -OCH3 is 2. The Morgan fingerprint density at radius 3 is 2.33 bits per heavy atom. The fourth-order valence-electron chi connectivity index (χ4n) is 4.05. The molecule has 27 heavy (non-hydrogen) atoms. The van der Waals surface area contributed by atoms with Gasteiger partial charge in [-0.05, 0) is 19.3 Å². The summed E-state index contributed by atoms with van der Waals surface area (Å²) in [6.45, 7) is 0.